The Balaban J connectivity index is 0.000000583. The molecule has 4 nitrogen and oxygen atoms in total. The summed E-state index contributed by atoms with van der Waals surface area (Å²) in [7, 11) is 0. The van der Waals surface area contributed by atoms with Gasteiger partial charge in [-0.15, -0.1) is 0 Å². The molecule has 0 radical (unpaired) electrons. The van der Waals surface area contributed by atoms with E-state index in [0.717, 1.165) is 0 Å². The molecule has 0 bridgehead atoms. The van der Waals surface area contributed by atoms with Crippen molar-refractivity contribution in [1.82, 2.24) is 0 Å². The average molecular weight is 623 g/mol. The molecular weight excluding hydrogens is 605 g/mol. The summed E-state index contributed by atoms with van der Waals surface area (Å²) in [5, 5.41) is 0. The zero-order valence-electron chi connectivity index (χ0n) is 8.77. The molecule has 0 spiro atoms. The molecule has 1 saturated heterocycles. The van der Waals surface area contributed by atoms with Gasteiger partial charge in [0, 0.05) is 19.0 Å². The maximum absolute atomic E-state index is 5.55. The maximum atomic E-state index is 5.55. The van der Waals surface area contributed by atoms with Gasteiger partial charge >= 0.3 is 49.9 Å². The molecule has 15 heavy (non-hydrogen) atoms. The Morgan fingerprint density at radius 1 is 1.13 bits per heavy atom. The SMILES string of the molecule is CC(C)C1O[C@@H](CN)[C@H](CN)O1.[I][Pt][I]. The summed E-state index contributed by atoms with van der Waals surface area (Å²) >= 11 is 5.30. The fourth-order valence-electron chi connectivity index (χ4n) is 1.28. The molecule has 0 aliphatic carbocycles. The topological polar surface area (TPSA) is 70.5 Å². The summed E-state index contributed by atoms with van der Waals surface area (Å²) in [6.45, 7) is 5.06. The average Bonchev–Trinajstić information content (AvgIpc) is 2.61. The molecule has 7 heteroatoms. The Morgan fingerprint density at radius 2 is 1.47 bits per heavy atom. The zero-order valence-corrected chi connectivity index (χ0v) is 15.4. The molecule has 0 aromatic carbocycles. The van der Waals surface area contributed by atoms with Gasteiger partial charge in [-0.25, -0.2) is 0 Å². The number of halogens is 2. The first-order valence-electron chi connectivity index (χ1n) is 4.64. The molecule has 1 aliphatic heterocycles. The number of ether oxygens (including phenoxy) is 2. The first-order valence-corrected chi connectivity index (χ1v) is 17.5. The van der Waals surface area contributed by atoms with E-state index in [1.807, 2.05) is 0 Å². The van der Waals surface area contributed by atoms with Gasteiger partial charge in [-0.1, -0.05) is 13.8 Å². The van der Waals surface area contributed by atoms with E-state index in [9.17, 15) is 0 Å². The second kappa shape index (κ2) is 9.96. The zero-order chi connectivity index (χ0) is 11.8. The van der Waals surface area contributed by atoms with E-state index < -0.39 is 0 Å². The molecule has 1 rings (SSSR count). The van der Waals surface area contributed by atoms with E-state index >= 15 is 0 Å². The normalized spacial score (nSPS) is 26.9. The van der Waals surface area contributed by atoms with E-state index in [0.29, 0.717) is 30.2 Å². The molecule has 0 unspecified atom stereocenters. The van der Waals surface area contributed by atoms with Crippen molar-refractivity contribution in [3.8, 4) is 0 Å². The van der Waals surface area contributed by atoms with Crippen LogP contribution in [0, 0.1) is 5.92 Å². The van der Waals surface area contributed by atoms with Crippen LogP contribution in [0.5, 0.6) is 0 Å². The molecule has 0 amide bonds. The summed E-state index contributed by atoms with van der Waals surface area (Å²) in [5.41, 5.74) is 11.0. The molecule has 4 N–H and O–H groups in total. The van der Waals surface area contributed by atoms with Gasteiger partial charge in [0.2, 0.25) is 0 Å². The summed E-state index contributed by atoms with van der Waals surface area (Å²) < 4.78 is 11.1. The fraction of sp³-hybridized carbons (Fsp3) is 1.00. The van der Waals surface area contributed by atoms with E-state index in [2.05, 4.69) is 52.6 Å². The predicted octanol–water partition coefficient (Wildman–Crippen LogP) is 1.44. The molecule has 1 aliphatic rings. The third-order valence-corrected chi connectivity index (χ3v) is 2.04. The standard InChI is InChI=1S/C8H18N2O2.2HI.Pt/c1-5(2)8-11-6(3-9)7(4-10)12-8;;;/h5-8H,3-4,9-10H2,1-2H3;2*1H;/q;;;+2/p-2/t6-,7-;;;/m0.../s1. The van der Waals surface area contributed by atoms with Crippen LogP contribution < -0.4 is 11.5 Å². The minimum absolute atomic E-state index is 0.0256. The second-order valence-electron chi connectivity index (χ2n) is 3.48. The summed E-state index contributed by atoms with van der Waals surface area (Å²) in [6.07, 6.45) is -0.183. The van der Waals surface area contributed by atoms with E-state index in [4.69, 9.17) is 20.9 Å². The summed E-state index contributed by atoms with van der Waals surface area (Å²) in [4.78, 5) is 0. The van der Waals surface area contributed by atoms with E-state index in [-0.39, 0.29) is 18.5 Å². The molecule has 0 aromatic heterocycles. The Bertz CT molecular complexity index is 154. The van der Waals surface area contributed by atoms with Gasteiger partial charge in [0.1, 0.15) is 12.2 Å². The van der Waals surface area contributed by atoms with Gasteiger partial charge < -0.3 is 20.9 Å². The molecule has 2 atom stereocenters. The molecule has 0 aromatic rings. The molecule has 1 fully saturated rings. The van der Waals surface area contributed by atoms with Crippen LogP contribution in [-0.2, 0) is 20.7 Å². The summed E-state index contributed by atoms with van der Waals surface area (Å²) in [6, 6.07) is 0. The molecule has 0 saturated carbocycles. The number of hydrogen-bond acceptors (Lipinski definition) is 4. The second-order valence-corrected chi connectivity index (χ2v) is 20.1. The Morgan fingerprint density at radius 3 is 1.67 bits per heavy atom. The van der Waals surface area contributed by atoms with Crippen LogP contribution >= 0.6 is 38.7 Å². The van der Waals surface area contributed by atoms with Gasteiger partial charge in [0.05, 0.1) is 0 Å². The fourth-order valence-corrected chi connectivity index (χ4v) is 1.28. The first kappa shape index (κ1) is 17.0. The Kier molecular flexibility index (Phi) is 11.3. The number of nitrogens with two attached hydrogens (primary N) is 2. The van der Waals surface area contributed by atoms with Gasteiger partial charge in [-0.2, -0.15) is 0 Å². The van der Waals surface area contributed by atoms with Gasteiger partial charge in [0.25, 0.3) is 0 Å². The van der Waals surface area contributed by atoms with Crippen molar-refractivity contribution in [2.24, 2.45) is 17.4 Å². The molecule has 1 heterocycles. The van der Waals surface area contributed by atoms with Crippen molar-refractivity contribution in [3.05, 3.63) is 0 Å². The van der Waals surface area contributed by atoms with Crippen molar-refractivity contribution in [2.45, 2.75) is 32.3 Å². The van der Waals surface area contributed by atoms with Crippen molar-refractivity contribution >= 4 is 38.7 Å². The quantitative estimate of drug-likeness (QED) is 0.468. The molecule has 96 valence electrons. The Labute approximate surface area is 121 Å². The van der Waals surface area contributed by atoms with Crippen LogP contribution in [-0.4, -0.2) is 31.6 Å². The van der Waals surface area contributed by atoms with Gasteiger partial charge in [0.15, 0.2) is 6.29 Å². The van der Waals surface area contributed by atoms with Crippen molar-refractivity contribution in [1.29, 1.82) is 0 Å². The third kappa shape index (κ3) is 6.47. The van der Waals surface area contributed by atoms with E-state index in [1.165, 1.54) is 0 Å². The van der Waals surface area contributed by atoms with Crippen LogP contribution in [0.1, 0.15) is 13.8 Å². The van der Waals surface area contributed by atoms with Crippen molar-refractivity contribution in [3.63, 3.8) is 0 Å². The van der Waals surface area contributed by atoms with Gasteiger partial charge in [-0.05, 0) is 0 Å². The van der Waals surface area contributed by atoms with Crippen molar-refractivity contribution < 1.29 is 20.7 Å². The van der Waals surface area contributed by atoms with E-state index in [1.54, 1.807) is 0 Å². The molecular formula is C8H18I2N2O2Pt. The predicted molar refractivity (Wildman–Crippen MR) is 74.5 cm³/mol. The van der Waals surface area contributed by atoms with Crippen LogP contribution in [0.15, 0.2) is 0 Å². The Hall–Kier alpha value is 1.99. The van der Waals surface area contributed by atoms with Crippen molar-refractivity contribution in [2.75, 3.05) is 13.1 Å². The van der Waals surface area contributed by atoms with Crippen LogP contribution in [0.25, 0.3) is 0 Å². The van der Waals surface area contributed by atoms with Crippen LogP contribution in [0.4, 0.5) is 0 Å². The first-order chi connectivity index (χ1) is 7.10. The summed E-state index contributed by atoms with van der Waals surface area (Å²) in [5.74, 6) is 0.357. The van der Waals surface area contributed by atoms with Gasteiger partial charge in [-0.3, -0.25) is 0 Å². The minimum atomic E-state index is -0.132. The number of rotatable bonds is 3. The van der Waals surface area contributed by atoms with Crippen LogP contribution in [0.3, 0.4) is 0 Å². The van der Waals surface area contributed by atoms with Crippen LogP contribution in [0.2, 0.25) is 0 Å². The monoisotopic (exact) mass is 623 g/mol. The number of hydrogen-bond donors (Lipinski definition) is 2. The third-order valence-electron chi connectivity index (χ3n) is 2.04.